The summed E-state index contributed by atoms with van der Waals surface area (Å²) in [5.41, 5.74) is 0.399. The molecule has 0 radical (unpaired) electrons. The SMILES string of the molecule is FC(F)(F)Cc1nccc(CCl)n1. The molecule has 72 valence electrons. The van der Waals surface area contributed by atoms with Crippen LogP contribution in [0.25, 0.3) is 0 Å². The zero-order valence-electron chi connectivity index (χ0n) is 6.48. The van der Waals surface area contributed by atoms with Crippen molar-refractivity contribution in [3.05, 3.63) is 23.8 Å². The monoisotopic (exact) mass is 210 g/mol. The molecule has 0 aliphatic rings. The molecule has 0 N–H and O–H groups in total. The summed E-state index contributed by atoms with van der Waals surface area (Å²) in [5.74, 6) is -0.154. The Morgan fingerprint density at radius 3 is 2.62 bits per heavy atom. The molecule has 1 aromatic heterocycles. The van der Waals surface area contributed by atoms with Crippen molar-refractivity contribution in [3.63, 3.8) is 0 Å². The fraction of sp³-hybridized carbons (Fsp3) is 0.429. The molecule has 0 aliphatic carbocycles. The largest absolute Gasteiger partial charge is 0.396 e. The number of hydrogen-bond donors (Lipinski definition) is 0. The summed E-state index contributed by atoms with van der Waals surface area (Å²) in [6, 6.07) is 1.48. The van der Waals surface area contributed by atoms with Crippen LogP contribution in [-0.2, 0) is 12.3 Å². The van der Waals surface area contributed by atoms with Gasteiger partial charge in [-0.3, -0.25) is 0 Å². The molecular weight excluding hydrogens is 205 g/mol. The predicted octanol–water partition coefficient (Wildman–Crippen LogP) is 2.32. The van der Waals surface area contributed by atoms with Crippen molar-refractivity contribution < 1.29 is 13.2 Å². The molecule has 1 heterocycles. The molecule has 13 heavy (non-hydrogen) atoms. The van der Waals surface area contributed by atoms with Gasteiger partial charge in [-0.15, -0.1) is 11.6 Å². The standard InChI is InChI=1S/C7H6ClF3N2/c8-4-5-1-2-12-6(13-5)3-7(9,10)11/h1-2H,3-4H2. The Morgan fingerprint density at radius 2 is 2.08 bits per heavy atom. The van der Waals surface area contributed by atoms with E-state index in [1.54, 1.807) is 0 Å². The van der Waals surface area contributed by atoms with Crippen molar-refractivity contribution >= 4 is 11.6 Å². The molecule has 2 nitrogen and oxygen atoms in total. The van der Waals surface area contributed by atoms with Gasteiger partial charge in [0.2, 0.25) is 0 Å². The summed E-state index contributed by atoms with van der Waals surface area (Å²) in [7, 11) is 0. The van der Waals surface area contributed by atoms with E-state index >= 15 is 0 Å². The summed E-state index contributed by atoms with van der Waals surface area (Å²) >= 11 is 5.40. The van der Waals surface area contributed by atoms with Crippen molar-refractivity contribution in [3.8, 4) is 0 Å². The quantitative estimate of drug-likeness (QED) is 0.700. The van der Waals surface area contributed by atoms with Gasteiger partial charge in [0.05, 0.1) is 11.6 Å². The molecule has 0 atom stereocenters. The summed E-state index contributed by atoms with van der Waals surface area (Å²) in [4.78, 5) is 7.10. The number of alkyl halides is 4. The van der Waals surface area contributed by atoms with Crippen LogP contribution < -0.4 is 0 Å². The smallest absolute Gasteiger partial charge is 0.241 e. The predicted molar refractivity (Wildman–Crippen MR) is 41.3 cm³/mol. The third-order valence-electron chi connectivity index (χ3n) is 1.26. The average Bonchev–Trinajstić information content (AvgIpc) is 2.01. The Bertz CT molecular complexity index is 287. The second-order valence-corrected chi connectivity index (χ2v) is 2.66. The summed E-state index contributed by atoms with van der Waals surface area (Å²) in [5, 5.41) is 0. The van der Waals surface area contributed by atoms with Crippen LogP contribution in [0.5, 0.6) is 0 Å². The van der Waals surface area contributed by atoms with Gasteiger partial charge in [0.1, 0.15) is 12.2 Å². The van der Waals surface area contributed by atoms with Gasteiger partial charge in [0.25, 0.3) is 0 Å². The van der Waals surface area contributed by atoms with E-state index in [0.717, 1.165) is 0 Å². The van der Waals surface area contributed by atoms with E-state index in [2.05, 4.69) is 9.97 Å². The van der Waals surface area contributed by atoms with Gasteiger partial charge in [-0.1, -0.05) is 0 Å². The minimum absolute atomic E-state index is 0.0907. The van der Waals surface area contributed by atoms with Crippen LogP contribution in [-0.4, -0.2) is 16.1 Å². The molecule has 6 heteroatoms. The molecule has 0 saturated heterocycles. The van der Waals surface area contributed by atoms with E-state index in [1.165, 1.54) is 12.3 Å². The van der Waals surface area contributed by atoms with Crippen LogP contribution >= 0.6 is 11.6 Å². The van der Waals surface area contributed by atoms with Crippen LogP contribution in [0, 0.1) is 0 Å². The van der Waals surface area contributed by atoms with Crippen molar-refractivity contribution in [2.45, 2.75) is 18.5 Å². The van der Waals surface area contributed by atoms with E-state index < -0.39 is 12.6 Å². The van der Waals surface area contributed by atoms with Crippen molar-refractivity contribution in [2.24, 2.45) is 0 Å². The van der Waals surface area contributed by atoms with Crippen LogP contribution in [0.4, 0.5) is 13.2 Å². The van der Waals surface area contributed by atoms with E-state index in [0.29, 0.717) is 5.69 Å². The second-order valence-electron chi connectivity index (χ2n) is 2.39. The highest BCUT2D eigenvalue weighted by atomic mass is 35.5. The van der Waals surface area contributed by atoms with Crippen LogP contribution in [0.1, 0.15) is 11.5 Å². The number of hydrogen-bond acceptors (Lipinski definition) is 2. The Morgan fingerprint density at radius 1 is 1.38 bits per heavy atom. The van der Waals surface area contributed by atoms with Crippen LogP contribution in [0.3, 0.4) is 0 Å². The molecule has 0 bridgehead atoms. The second kappa shape index (κ2) is 3.91. The van der Waals surface area contributed by atoms with E-state index in [4.69, 9.17) is 11.6 Å². The number of rotatable bonds is 2. The normalized spacial score (nSPS) is 11.7. The highest BCUT2D eigenvalue weighted by Gasteiger charge is 2.29. The zero-order valence-corrected chi connectivity index (χ0v) is 7.23. The highest BCUT2D eigenvalue weighted by molar-refractivity contribution is 6.16. The maximum Gasteiger partial charge on any atom is 0.396 e. The maximum atomic E-state index is 11.9. The first-order chi connectivity index (χ1) is 6.01. The lowest BCUT2D eigenvalue weighted by molar-refractivity contribution is -0.128. The van der Waals surface area contributed by atoms with Crippen molar-refractivity contribution in [1.82, 2.24) is 9.97 Å². The zero-order chi connectivity index (χ0) is 9.90. The Labute approximate surface area is 77.8 Å². The van der Waals surface area contributed by atoms with E-state index in [-0.39, 0.29) is 11.7 Å². The number of nitrogens with zero attached hydrogens (tertiary/aromatic N) is 2. The van der Waals surface area contributed by atoms with Gasteiger partial charge in [-0.05, 0) is 6.07 Å². The Balaban J connectivity index is 2.78. The number of halogens is 4. The van der Waals surface area contributed by atoms with Gasteiger partial charge in [0, 0.05) is 6.20 Å². The molecule has 0 fully saturated rings. The highest BCUT2D eigenvalue weighted by Crippen LogP contribution is 2.19. The lowest BCUT2D eigenvalue weighted by atomic mass is 10.3. The molecule has 0 amide bonds. The van der Waals surface area contributed by atoms with Gasteiger partial charge in [-0.25, -0.2) is 9.97 Å². The van der Waals surface area contributed by atoms with Gasteiger partial charge in [0.15, 0.2) is 0 Å². The van der Waals surface area contributed by atoms with Gasteiger partial charge in [-0.2, -0.15) is 13.2 Å². The Kier molecular flexibility index (Phi) is 3.08. The van der Waals surface area contributed by atoms with Gasteiger partial charge >= 0.3 is 6.18 Å². The first-order valence-corrected chi connectivity index (χ1v) is 3.98. The average molecular weight is 211 g/mol. The Hall–Kier alpha value is -0.840. The molecular formula is C7H6ClF3N2. The lowest BCUT2D eigenvalue weighted by Gasteiger charge is -2.04. The summed E-state index contributed by atoms with van der Waals surface area (Å²) in [6.45, 7) is 0. The van der Waals surface area contributed by atoms with Crippen molar-refractivity contribution in [2.75, 3.05) is 0 Å². The summed E-state index contributed by atoms with van der Waals surface area (Å²) < 4.78 is 35.6. The minimum Gasteiger partial charge on any atom is -0.241 e. The van der Waals surface area contributed by atoms with E-state index in [1.807, 2.05) is 0 Å². The summed E-state index contributed by atoms with van der Waals surface area (Å²) in [6.07, 6.45) is -4.12. The molecule has 0 spiro atoms. The first-order valence-electron chi connectivity index (χ1n) is 3.45. The molecule has 0 aromatic carbocycles. The van der Waals surface area contributed by atoms with Gasteiger partial charge < -0.3 is 0 Å². The minimum atomic E-state index is -4.27. The van der Waals surface area contributed by atoms with E-state index in [9.17, 15) is 13.2 Å². The molecule has 0 aliphatic heterocycles. The fourth-order valence-electron chi connectivity index (χ4n) is 0.780. The molecule has 1 aromatic rings. The molecule has 0 saturated carbocycles. The van der Waals surface area contributed by atoms with Crippen molar-refractivity contribution in [1.29, 1.82) is 0 Å². The third-order valence-corrected chi connectivity index (χ3v) is 1.53. The fourth-order valence-corrected chi connectivity index (χ4v) is 0.929. The lowest BCUT2D eigenvalue weighted by Crippen LogP contribution is -2.14. The number of aromatic nitrogens is 2. The van der Waals surface area contributed by atoms with Crippen LogP contribution in [0.2, 0.25) is 0 Å². The van der Waals surface area contributed by atoms with Crippen LogP contribution in [0.15, 0.2) is 12.3 Å². The molecule has 0 unspecified atom stereocenters. The maximum absolute atomic E-state index is 11.9. The topological polar surface area (TPSA) is 25.8 Å². The molecule has 1 rings (SSSR count). The third kappa shape index (κ3) is 3.59. The first kappa shape index (κ1) is 10.2.